The molecule has 5 rings (SSSR count). The van der Waals surface area contributed by atoms with Crippen LogP contribution >= 0.6 is 0 Å². The van der Waals surface area contributed by atoms with Crippen molar-refractivity contribution in [2.45, 2.75) is 64.6 Å². The number of hydrogen-bond acceptors (Lipinski definition) is 3. The Morgan fingerprint density at radius 2 is 1.84 bits per heavy atom. The molecule has 3 aromatic rings. The number of aromatic nitrogens is 1. The molecule has 1 aromatic carbocycles. The summed E-state index contributed by atoms with van der Waals surface area (Å²) in [6.07, 6.45) is 5.86. The number of carbonyl (C=O) groups excluding carboxylic acids is 2. The molecule has 1 aliphatic heterocycles. The van der Waals surface area contributed by atoms with E-state index in [-0.39, 0.29) is 17.9 Å². The highest BCUT2D eigenvalue weighted by Crippen LogP contribution is 2.38. The zero-order chi connectivity index (χ0) is 22.5. The Morgan fingerprint density at radius 3 is 2.53 bits per heavy atom. The molecular weight excluding hydrogens is 402 g/mol. The average molecular weight is 432 g/mol. The predicted octanol–water partition coefficient (Wildman–Crippen LogP) is 4.84. The summed E-state index contributed by atoms with van der Waals surface area (Å²) in [7, 11) is 0. The lowest BCUT2D eigenvalue weighted by atomic mass is 9.92. The number of carbonyl (C=O) groups is 2. The van der Waals surface area contributed by atoms with Crippen LogP contribution in [0.4, 0.5) is 5.69 Å². The van der Waals surface area contributed by atoms with Gasteiger partial charge in [-0.05, 0) is 69.5 Å². The fourth-order valence-electron chi connectivity index (χ4n) is 5.20. The molecule has 1 saturated carbocycles. The summed E-state index contributed by atoms with van der Waals surface area (Å²) < 4.78 is 7.54. The molecule has 166 valence electrons. The van der Waals surface area contributed by atoms with Crippen molar-refractivity contribution in [1.82, 2.24) is 9.88 Å². The van der Waals surface area contributed by atoms with Gasteiger partial charge in [0, 0.05) is 11.7 Å². The standard InChI is InChI=1S/C26H29N3O3/c1-17-10-11-20(18(2)15-17)29-24(30)22-13-12-21(23-9-6-14-32-23)28(22)16-26(29,3)25(31)27-19-7-4-5-8-19/h6,9-15,19H,4-5,7-8,16H2,1-3H3,(H,27,31)/t26-/m1/s1. The SMILES string of the molecule is Cc1ccc(N2C(=O)c3ccc(-c4ccco4)n3C[C@]2(C)C(=O)NC2CCCC2)c(C)c1. The predicted molar refractivity (Wildman–Crippen MR) is 124 cm³/mol. The zero-order valence-corrected chi connectivity index (χ0v) is 18.9. The van der Waals surface area contributed by atoms with E-state index >= 15 is 0 Å². The quantitative estimate of drug-likeness (QED) is 0.643. The van der Waals surface area contributed by atoms with Crippen LogP contribution < -0.4 is 10.2 Å². The van der Waals surface area contributed by atoms with Gasteiger partial charge in [0.2, 0.25) is 5.91 Å². The second-order valence-electron chi connectivity index (χ2n) is 9.33. The second-order valence-corrected chi connectivity index (χ2v) is 9.33. The first-order valence-electron chi connectivity index (χ1n) is 11.3. The Morgan fingerprint density at radius 1 is 1.09 bits per heavy atom. The number of nitrogens with one attached hydrogen (secondary N) is 1. The molecule has 1 N–H and O–H groups in total. The maximum absolute atomic E-state index is 13.9. The van der Waals surface area contributed by atoms with Gasteiger partial charge in [-0.1, -0.05) is 30.5 Å². The molecular formula is C26H29N3O3. The number of anilines is 1. The van der Waals surface area contributed by atoms with E-state index in [1.54, 1.807) is 11.2 Å². The number of fused-ring (bicyclic) bond motifs is 1. The zero-order valence-electron chi connectivity index (χ0n) is 18.9. The van der Waals surface area contributed by atoms with Gasteiger partial charge in [-0.2, -0.15) is 0 Å². The van der Waals surface area contributed by atoms with Crippen LogP contribution in [0.5, 0.6) is 0 Å². The van der Waals surface area contributed by atoms with E-state index in [0.29, 0.717) is 18.0 Å². The molecule has 1 fully saturated rings. The smallest absolute Gasteiger partial charge is 0.275 e. The number of amides is 2. The highest BCUT2D eigenvalue weighted by Gasteiger charge is 2.49. The number of rotatable bonds is 4. The van der Waals surface area contributed by atoms with Crippen LogP contribution in [0.3, 0.4) is 0 Å². The summed E-state index contributed by atoms with van der Waals surface area (Å²) in [6, 6.07) is 13.6. The largest absolute Gasteiger partial charge is 0.463 e. The van der Waals surface area contributed by atoms with Crippen LogP contribution in [-0.4, -0.2) is 28.0 Å². The lowest BCUT2D eigenvalue weighted by molar-refractivity contribution is -0.127. The van der Waals surface area contributed by atoms with Gasteiger partial charge in [-0.3, -0.25) is 14.5 Å². The Labute approximate surface area is 188 Å². The van der Waals surface area contributed by atoms with Crippen LogP contribution in [0.25, 0.3) is 11.5 Å². The van der Waals surface area contributed by atoms with E-state index in [0.717, 1.165) is 48.2 Å². The molecule has 3 heterocycles. The molecule has 1 aliphatic carbocycles. The van der Waals surface area contributed by atoms with Crippen molar-refractivity contribution in [3.05, 3.63) is 65.5 Å². The molecule has 6 nitrogen and oxygen atoms in total. The number of benzene rings is 1. The van der Waals surface area contributed by atoms with Crippen LogP contribution in [0.2, 0.25) is 0 Å². The fourth-order valence-corrected chi connectivity index (χ4v) is 5.20. The van der Waals surface area contributed by atoms with Crippen LogP contribution in [-0.2, 0) is 11.3 Å². The van der Waals surface area contributed by atoms with Crippen molar-refractivity contribution >= 4 is 17.5 Å². The Balaban J connectivity index is 1.63. The molecule has 0 radical (unpaired) electrons. The minimum atomic E-state index is -1.08. The van der Waals surface area contributed by atoms with E-state index in [1.165, 1.54) is 0 Å². The van der Waals surface area contributed by atoms with Crippen molar-refractivity contribution in [2.75, 3.05) is 4.90 Å². The van der Waals surface area contributed by atoms with Gasteiger partial charge in [0.15, 0.2) is 0 Å². The molecule has 2 aromatic heterocycles. The second kappa shape index (κ2) is 7.69. The summed E-state index contributed by atoms with van der Waals surface area (Å²) >= 11 is 0. The maximum atomic E-state index is 13.9. The van der Waals surface area contributed by atoms with Crippen molar-refractivity contribution in [3.63, 3.8) is 0 Å². The summed E-state index contributed by atoms with van der Waals surface area (Å²) in [6.45, 7) is 6.25. The van der Waals surface area contributed by atoms with Crippen LogP contribution in [0.1, 0.15) is 54.2 Å². The molecule has 0 unspecified atom stereocenters. The third-order valence-corrected chi connectivity index (χ3v) is 6.91. The van der Waals surface area contributed by atoms with Gasteiger partial charge in [-0.25, -0.2) is 0 Å². The highest BCUT2D eigenvalue weighted by molar-refractivity contribution is 6.12. The summed E-state index contributed by atoms with van der Waals surface area (Å²) in [5.74, 6) is 0.398. The minimum absolute atomic E-state index is 0.109. The average Bonchev–Trinajstić information content (AvgIpc) is 3.50. The van der Waals surface area contributed by atoms with E-state index < -0.39 is 5.54 Å². The summed E-state index contributed by atoms with van der Waals surface area (Å²) in [4.78, 5) is 29.4. The topological polar surface area (TPSA) is 67.5 Å². The molecule has 1 atom stereocenters. The molecule has 0 saturated heterocycles. The van der Waals surface area contributed by atoms with Crippen molar-refractivity contribution in [1.29, 1.82) is 0 Å². The molecule has 2 aliphatic rings. The molecule has 6 heteroatoms. The van der Waals surface area contributed by atoms with Gasteiger partial charge >= 0.3 is 0 Å². The van der Waals surface area contributed by atoms with Crippen LogP contribution in [0.15, 0.2) is 53.1 Å². The first-order valence-corrected chi connectivity index (χ1v) is 11.3. The Kier molecular flexibility index (Phi) is 4.96. The first-order chi connectivity index (χ1) is 15.4. The van der Waals surface area contributed by atoms with E-state index in [2.05, 4.69) is 11.4 Å². The van der Waals surface area contributed by atoms with Gasteiger partial charge in [0.1, 0.15) is 17.0 Å². The number of aryl methyl sites for hydroxylation is 2. The molecule has 0 bridgehead atoms. The lowest BCUT2D eigenvalue weighted by Gasteiger charge is -2.45. The van der Waals surface area contributed by atoms with Crippen molar-refractivity contribution in [2.24, 2.45) is 0 Å². The maximum Gasteiger partial charge on any atom is 0.275 e. The third-order valence-electron chi connectivity index (χ3n) is 6.91. The van der Waals surface area contributed by atoms with E-state index in [9.17, 15) is 9.59 Å². The number of hydrogen-bond donors (Lipinski definition) is 1. The first kappa shape index (κ1) is 20.6. The van der Waals surface area contributed by atoms with Gasteiger partial charge < -0.3 is 14.3 Å². The molecule has 32 heavy (non-hydrogen) atoms. The minimum Gasteiger partial charge on any atom is -0.463 e. The van der Waals surface area contributed by atoms with Crippen LogP contribution in [0, 0.1) is 13.8 Å². The molecule has 0 spiro atoms. The summed E-state index contributed by atoms with van der Waals surface area (Å²) in [5.41, 5.74) is 3.16. The van der Waals surface area contributed by atoms with Gasteiger partial charge in [0.25, 0.3) is 5.91 Å². The fraction of sp³-hybridized carbons (Fsp3) is 0.385. The van der Waals surface area contributed by atoms with Gasteiger partial charge in [0.05, 0.1) is 18.5 Å². The number of nitrogens with zero attached hydrogens (tertiary/aromatic N) is 2. The van der Waals surface area contributed by atoms with Crippen molar-refractivity contribution < 1.29 is 14.0 Å². The Bertz CT molecular complexity index is 1170. The Hall–Kier alpha value is -3.28. The van der Waals surface area contributed by atoms with Gasteiger partial charge in [-0.15, -0.1) is 0 Å². The highest BCUT2D eigenvalue weighted by atomic mass is 16.3. The van der Waals surface area contributed by atoms with Crippen molar-refractivity contribution in [3.8, 4) is 11.5 Å². The monoisotopic (exact) mass is 431 g/mol. The van der Waals surface area contributed by atoms with E-state index in [4.69, 9.17) is 4.42 Å². The number of furan rings is 1. The normalized spacial score (nSPS) is 21.1. The summed E-state index contributed by atoms with van der Waals surface area (Å²) in [5, 5.41) is 3.25. The van der Waals surface area contributed by atoms with E-state index in [1.807, 2.05) is 61.7 Å². The lowest BCUT2D eigenvalue weighted by Crippen LogP contribution is -2.65. The third kappa shape index (κ3) is 3.25. The molecule has 2 amide bonds.